The molecule has 0 heterocycles. The van der Waals surface area contributed by atoms with Crippen LogP contribution >= 0.6 is 0 Å². The SMILES string of the molecule is C[C@@]12CCC[C@@H]1[C@H]1CC[C@@H]3C(=O)CCC[C@]3(C)[C@@H]1CC2. The molecule has 4 rings (SSSR count). The second-order valence-electron chi connectivity index (χ2n) is 8.92. The molecule has 0 radical (unpaired) electrons. The lowest BCUT2D eigenvalue weighted by Gasteiger charge is -2.59. The Kier molecular flexibility index (Phi) is 2.89. The van der Waals surface area contributed by atoms with Gasteiger partial charge in [0.15, 0.2) is 0 Å². The summed E-state index contributed by atoms with van der Waals surface area (Å²) in [7, 11) is 0. The van der Waals surface area contributed by atoms with Gasteiger partial charge in [-0.15, -0.1) is 0 Å². The van der Waals surface area contributed by atoms with Crippen molar-refractivity contribution in [2.24, 2.45) is 34.5 Å². The lowest BCUT2D eigenvalue weighted by Crippen LogP contribution is -2.53. The maximum atomic E-state index is 12.4. The molecule has 0 aliphatic heterocycles. The van der Waals surface area contributed by atoms with Crippen LogP contribution in [0.3, 0.4) is 0 Å². The molecule has 4 aliphatic carbocycles. The fraction of sp³-hybridized carbons (Fsp3) is 0.947. The van der Waals surface area contributed by atoms with Crippen LogP contribution in [0.1, 0.15) is 78.1 Å². The lowest BCUT2D eigenvalue weighted by molar-refractivity contribution is -0.146. The topological polar surface area (TPSA) is 17.1 Å². The Morgan fingerprint density at radius 3 is 2.60 bits per heavy atom. The van der Waals surface area contributed by atoms with E-state index in [2.05, 4.69) is 13.8 Å². The summed E-state index contributed by atoms with van der Waals surface area (Å²) in [4.78, 5) is 12.4. The van der Waals surface area contributed by atoms with Crippen LogP contribution in [-0.2, 0) is 4.79 Å². The Morgan fingerprint density at radius 2 is 1.75 bits per heavy atom. The van der Waals surface area contributed by atoms with Crippen LogP contribution in [0, 0.1) is 34.5 Å². The summed E-state index contributed by atoms with van der Waals surface area (Å²) in [5, 5.41) is 0. The molecule has 20 heavy (non-hydrogen) atoms. The molecule has 0 unspecified atom stereocenters. The van der Waals surface area contributed by atoms with E-state index in [9.17, 15) is 4.79 Å². The fourth-order valence-corrected chi connectivity index (χ4v) is 7.16. The zero-order valence-corrected chi connectivity index (χ0v) is 13.3. The summed E-state index contributed by atoms with van der Waals surface area (Å²) in [5.41, 5.74) is 1.02. The van der Waals surface area contributed by atoms with Crippen molar-refractivity contribution in [2.45, 2.75) is 78.1 Å². The van der Waals surface area contributed by atoms with Gasteiger partial charge in [0.1, 0.15) is 5.78 Å². The van der Waals surface area contributed by atoms with E-state index in [0.29, 0.717) is 22.5 Å². The number of ketones is 1. The first-order chi connectivity index (χ1) is 9.55. The van der Waals surface area contributed by atoms with E-state index >= 15 is 0 Å². The van der Waals surface area contributed by atoms with Crippen molar-refractivity contribution in [3.63, 3.8) is 0 Å². The van der Waals surface area contributed by atoms with Crippen molar-refractivity contribution < 1.29 is 4.79 Å². The Morgan fingerprint density at radius 1 is 0.900 bits per heavy atom. The Balaban J connectivity index is 1.67. The molecule has 0 spiro atoms. The molecule has 0 aromatic carbocycles. The molecule has 1 heteroatoms. The molecule has 112 valence electrons. The average Bonchev–Trinajstić information content (AvgIpc) is 2.80. The standard InChI is InChI=1S/C19H30O/c1-18-10-3-5-14(18)13-7-8-16-17(20)6-4-11-19(16,2)15(13)9-12-18/h13-16H,3-12H2,1-2H3/t13-,14-,15-,16-,18+,19-/m1/s1. The predicted molar refractivity (Wildman–Crippen MR) is 81.4 cm³/mol. The first kappa shape index (κ1) is 13.3. The van der Waals surface area contributed by atoms with Crippen LogP contribution in [0.2, 0.25) is 0 Å². The molecule has 4 fully saturated rings. The van der Waals surface area contributed by atoms with Crippen LogP contribution < -0.4 is 0 Å². The fourth-order valence-electron chi connectivity index (χ4n) is 7.16. The minimum atomic E-state index is 0.363. The molecule has 0 bridgehead atoms. The Hall–Kier alpha value is -0.330. The van der Waals surface area contributed by atoms with Crippen LogP contribution in [0.4, 0.5) is 0 Å². The number of Topliss-reactive ketones (excluding diaryl/α,β-unsaturated/α-hetero) is 1. The summed E-state index contributed by atoms with van der Waals surface area (Å²) < 4.78 is 0. The molecule has 6 atom stereocenters. The van der Waals surface area contributed by atoms with Crippen LogP contribution in [0.25, 0.3) is 0 Å². The summed E-state index contributed by atoms with van der Waals surface area (Å²) in [5.74, 6) is 3.82. The molecule has 0 amide bonds. The highest BCUT2D eigenvalue weighted by Crippen LogP contribution is 2.65. The summed E-state index contributed by atoms with van der Waals surface area (Å²) >= 11 is 0. The monoisotopic (exact) mass is 274 g/mol. The number of rotatable bonds is 0. The van der Waals surface area contributed by atoms with E-state index in [4.69, 9.17) is 0 Å². The van der Waals surface area contributed by atoms with E-state index < -0.39 is 0 Å². The normalized spacial score (nSPS) is 55.0. The largest absolute Gasteiger partial charge is 0.299 e. The minimum absolute atomic E-state index is 0.363. The van der Waals surface area contributed by atoms with Gasteiger partial charge in [-0.1, -0.05) is 20.3 Å². The molecule has 0 aromatic rings. The van der Waals surface area contributed by atoms with Gasteiger partial charge in [-0.2, -0.15) is 0 Å². The molecule has 1 nitrogen and oxygen atoms in total. The maximum absolute atomic E-state index is 12.4. The first-order valence-electron chi connectivity index (χ1n) is 9.07. The molecule has 4 saturated carbocycles. The highest BCUT2D eigenvalue weighted by molar-refractivity contribution is 5.82. The Labute approximate surface area is 123 Å². The van der Waals surface area contributed by atoms with Gasteiger partial charge in [-0.05, 0) is 80.0 Å². The smallest absolute Gasteiger partial charge is 0.136 e. The van der Waals surface area contributed by atoms with Crippen molar-refractivity contribution in [1.82, 2.24) is 0 Å². The number of carbonyl (C=O) groups excluding carboxylic acids is 1. The second kappa shape index (κ2) is 4.34. The van der Waals surface area contributed by atoms with E-state index in [1.165, 1.54) is 51.4 Å². The van der Waals surface area contributed by atoms with Gasteiger partial charge >= 0.3 is 0 Å². The minimum Gasteiger partial charge on any atom is -0.299 e. The van der Waals surface area contributed by atoms with Crippen LogP contribution in [0.15, 0.2) is 0 Å². The van der Waals surface area contributed by atoms with Gasteiger partial charge < -0.3 is 0 Å². The van der Waals surface area contributed by atoms with E-state index in [1.807, 2.05) is 0 Å². The third kappa shape index (κ3) is 1.64. The molecule has 0 aromatic heterocycles. The van der Waals surface area contributed by atoms with Crippen LogP contribution in [0.5, 0.6) is 0 Å². The van der Waals surface area contributed by atoms with Crippen LogP contribution in [-0.4, -0.2) is 5.78 Å². The third-order valence-corrected chi connectivity index (χ3v) is 8.18. The molecule has 4 aliphatic rings. The lowest BCUT2D eigenvalue weighted by atomic mass is 9.45. The van der Waals surface area contributed by atoms with Gasteiger partial charge in [0.05, 0.1) is 0 Å². The number of hydrogen-bond donors (Lipinski definition) is 0. The van der Waals surface area contributed by atoms with Gasteiger partial charge in [0, 0.05) is 12.3 Å². The first-order valence-corrected chi connectivity index (χ1v) is 9.07. The predicted octanol–water partition coefficient (Wildman–Crippen LogP) is 4.99. The van der Waals surface area contributed by atoms with Gasteiger partial charge in [0.2, 0.25) is 0 Å². The van der Waals surface area contributed by atoms with Crippen molar-refractivity contribution in [1.29, 1.82) is 0 Å². The Bertz CT molecular complexity index is 427. The summed E-state index contributed by atoms with van der Waals surface area (Å²) in [6.07, 6.45) is 13.2. The molecular weight excluding hydrogens is 244 g/mol. The number of fused-ring (bicyclic) bond motifs is 5. The highest BCUT2D eigenvalue weighted by Gasteiger charge is 2.58. The summed E-state index contributed by atoms with van der Waals surface area (Å²) in [6, 6.07) is 0. The number of hydrogen-bond acceptors (Lipinski definition) is 1. The third-order valence-electron chi connectivity index (χ3n) is 8.18. The average molecular weight is 274 g/mol. The molecular formula is C19H30O. The molecule has 0 N–H and O–H groups in total. The quantitative estimate of drug-likeness (QED) is 0.608. The van der Waals surface area contributed by atoms with Crippen molar-refractivity contribution in [2.75, 3.05) is 0 Å². The van der Waals surface area contributed by atoms with E-state index in [1.54, 1.807) is 0 Å². The summed E-state index contributed by atoms with van der Waals surface area (Å²) in [6.45, 7) is 5.06. The van der Waals surface area contributed by atoms with Gasteiger partial charge in [-0.25, -0.2) is 0 Å². The second-order valence-corrected chi connectivity index (χ2v) is 8.92. The molecule has 0 saturated heterocycles. The van der Waals surface area contributed by atoms with Crippen molar-refractivity contribution in [3.8, 4) is 0 Å². The zero-order chi connectivity index (χ0) is 14.0. The van der Waals surface area contributed by atoms with Gasteiger partial charge in [0.25, 0.3) is 0 Å². The van der Waals surface area contributed by atoms with Gasteiger partial charge in [-0.3, -0.25) is 4.79 Å². The number of carbonyl (C=O) groups is 1. The highest BCUT2D eigenvalue weighted by atomic mass is 16.1. The zero-order valence-electron chi connectivity index (χ0n) is 13.3. The van der Waals surface area contributed by atoms with E-state index in [-0.39, 0.29) is 0 Å². The van der Waals surface area contributed by atoms with E-state index in [0.717, 1.165) is 30.6 Å². The van der Waals surface area contributed by atoms with Crippen molar-refractivity contribution in [3.05, 3.63) is 0 Å². The maximum Gasteiger partial charge on any atom is 0.136 e. The van der Waals surface area contributed by atoms with Crippen molar-refractivity contribution >= 4 is 5.78 Å².